The van der Waals surface area contributed by atoms with Crippen LogP contribution in [0.2, 0.25) is 0 Å². The minimum Gasteiger partial charge on any atom is -0.399 e. The lowest BCUT2D eigenvalue weighted by Crippen LogP contribution is -2.19. The molecule has 0 aromatic heterocycles. The van der Waals surface area contributed by atoms with Gasteiger partial charge >= 0.3 is 0 Å². The van der Waals surface area contributed by atoms with E-state index in [1.165, 1.54) is 27.8 Å². The second kappa shape index (κ2) is 5.45. The first-order valence-corrected chi connectivity index (χ1v) is 6.63. The number of benzene rings is 2. The molecule has 3 N–H and O–H groups in total. The maximum absolute atomic E-state index is 5.76. The van der Waals surface area contributed by atoms with E-state index in [9.17, 15) is 0 Å². The monoisotopic (exact) mass is 254 g/mol. The van der Waals surface area contributed by atoms with Gasteiger partial charge in [0.15, 0.2) is 0 Å². The number of hydrogen-bond donors (Lipinski definition) is 2. The molecule has 0 aliphatic heterocycles. The quantitative estimate of drug-likeness (QED) is 0.823. The molecule has 19 heavy (non-hydrogen) atoms. The molecule has 0 fully saturated rings. The number of hydrogen-bond acceptors (Lipinski definition) is 2. The second-order valence-electron chi connectivity index (χ2n) is 5.18. The summed E-state index contributed by atoms with van der Waals surface area (Å²) in [6.45, 7) is 6.49. The molecule has 2 heteroatoms. The van der Waals surface area contributed by atoms with Crippen LogP contribution in [-0.4, -0.2) is 7.05 Å². The number of nitrogens with two attached hydrogens (primary N) is 1. The first-order valence-electron chi connectivity index (χ1n) is 6.63. The minimum absolute atomic E-state index is 0.208. The van der Waals surface area contributed by atoms with E-state index in [1.54, 1.807) is 0 Å². The fourth-order valence-electron chi connectivity index (χ4n) is 2.48. The predicted octanol–water partition coefficient (Wildman–Crippen LogP) is 3.50. The van der Waals surface area contributed by atoms with Crippen molar-refractivity contribution in [3.8, 4) is 0 Å². The molecule has 2 aromatic carbocycles. The lowest BCUT2D eigenvalue weighted by molar-refractivity contribution is 0.687. The highest BCUT2D eigenvalue weighted by atomic mass is 14.9. The van der Waals surface area contributed by atoms with Crippen LogP contribution in [0.25, 0.3) is 0 Å². The Bertz CT molecular complexity index is 571. The summed E-state index contributed by atoms with van der Waals surface area (Å²) in [5.74, 6) is 0. The maximum Gasteiger partial charge on any atom is 0.0577 e. The van der Waals surface area contributed by atoms with Crippen LogP contribution in [0.4, 0.5) is 5.69 Å². The van der Waals surface area contributed by atoms with Crippen LogP contribution in [0, 0.1) is 20.8 Å². The smallest absolute Gasteiger partial charge is 0.0577 e. The zero-order valence-electron chi connectivity index (χ0n) is 12.1. The Morgan fingerprint density at radius 3 is 2.05 bits per heavy atom. The van der Waals surface area contributed by atoms with Gasteiger partial charge < -0.3 is 11.1 Å². The SMILES string of the molecule is CNC(c1ccc(N)cc1)c1cc(C)c(C)cc1C. The summed E-state index contributed by atoms with van der Waals surface area (Å²) in [4.78, 5) is 0. The highest BCUT2D eigenvalue weighted by molar-refractivity contribution is 5.45. The van der Waals surface area contributed by atoms with Gasteiger partial charge in [-0.1, -0.05) is 24.3 Å². The Hall–Kier alpha value is -1.80. The van der Waals surface area contributed by atoms with E-state index in [4.69, 9.17) is 5.73 Å². The molecule has 0 saturated carbocycles. The van der Waals surface area contributed by atoms with Crippen molar-refractivity contribution in [3.63, 3.8) is 0 Å². The zero-order chi connectivity index (χ0) is 14.0. The molecule has 100 valence electrons. The fourth-order valence-corrected chi connectivity index (χ4v) is 2.48. The zero-order valence-corrected chi connectivity index (χ0v) is 12.1. The van der Waals surface area contributed by atoms with E-state index in [0.29, 0.717) is 0 Å². The number of nitrogens with one attached hydrogen (secondary N) is 1. The van der Waals surface area contributed by atoms with Crippen molar-refractivity contribution in [1.82, 2.24) is 5.32 Å². The molecular formula is C17H22N2. The molecule has 0 saturated heterocycles. The van der Waals surface area contributed by atoms with E-state index < -0.39 is 0 Å². The van der Waals surface area contributed by atoms with Gasteiger partial charge in [0.25, 0.3) is 0 Å². The normalized spacial score (nSPS) is 12.4. The van der Waals surface area contributed by atoms with Gasteiger partial charge in [0.1, 0.15) is 0 Å². The van der Waals surface area contributed by atoms with E-state index in [2.05, 4.69) is 50.4 Å². The topological polar surface area (TPSA) is 38.0 Å². The van der Waals surface area contributed by atoms with Gasteiger partial charge in [-0.25, -0.2) is 0 Å². The summed E-state index contributed by atoms with van der Waals surface area (Å²) in [5.41, 5.74) is 13.1. The molecule has 0 heterocycles. The summed E-state index contributed by atoms with van der Waals surface area (Å²) in [5, 5.41) is 3.40. The molecule has 2 aromatic rings. The molecule has 1 unspecified atom stereocenters. The third-order valence-corrected chi connectivity index (χ3v) is 3.75. The van der Waals surface area contributed by atoms with Crippen LogP contribution >= 0.6 is 0 Å². The highest BCUT2D eigenvalue weighted by Gasteiger charge is 2.15. The van der Waals surface area contributed by atoms with E-state index in [0.717, 1.165) is 5.69 Å². The van der Waals surface area contributed by atoms with Crippen molar-refractivity contribution in [1.29, 1.82) is 0 Å². The first-order chi connectivity index (χ1) is 9.02. The lowest BCUT2D eigenvalue weighted by atomic mass is 9.92. The summed E-state index contributed by atoms with van der Waals surface area (Å²) >= 11 is 0. The number of rotatable bonds is 3. The highest BCUT2D eigenvalue weighted by Crippen LogP contribution is 2.27. The molecule has 0 bridgehead atoms. The van der Waals surface area contributed by atoms with Crippen molar-refractivity contribution >= 4 is 5.69 Å². The van der Waals surface area contributed by atoms with Gasteiger partial charge in [0.05, 0.1) is 6.04 Å². The Labute approximate surface area is 115 Å². The van der Waals surface area contributed by atoms with Crippen LogP contribution in [0.5, 0.6) is 0 Å². The number of anilines is 1. The van der Waals surface area contributed by atoms with Crippen molar-refractivity contribution in [2.75, 3.05) is 12.8 Å². The van der Waals surface area contributed by atoms with Gasteiger partial charge in [-0.2, -0.15) is 0 Å². The van der Waals surface area contributed by atoms with Crippen LogP contribution < -0.4 is 11.1 Å². The third-order valence-electron chi connectivity index (χ3n) is 3.75. The standard InChI is InChI=1S/C17H22N2/c1-11-9-13(3)16(10-12(11)2)17(19-4)14-5-7-15(18)8-6-14/h5-10,17,19H,18H2,1-4H3. The first kappa shape index (κ1) is 13.6. The summed E-state index contributed by atoms with van der Waals surface area (Å²) in [7, 11) is 2.00. The third kappa shape index (κ3) is 2.79. The molecule has 0 radical (unpaired) electrons. The van der Waals surface area contributed by atoms with Gasteiger partial charge in [-0.05, 0) is 67.8 Å². The molecule has 0 spiro atoms. The van der Waals surface area contributed by atoms with E-state index in [-0.39, 0.29) is 6.04 Å². The van der Waals surface area contributed by atoms with Gasteiger partial charge in [-0.15, -0.1) is 0 Å². The molecule has 1 atom stereocenters. The van der Waals surface area contributed by atoms with E-state index >= 15 is 0 Å². The Morgan fingerprint density at radius 1 is 0.895 bits per heavy atom. The van der Waals surface area contributed by atoms with Gasteiger partial charge in [0.2, 0.25) is 0 Å². The number of aryl methyl sites for hydroxylation is 3. The van der Waals surface area contributed by atoms with Crippen LogP contribution in [0.3, 0.4) is 0 Å². The van der Waals surface area contributed by atoms with Crippen molar-refractivity contribution in [3.05, 3.63) is 64.2 Å². The van der Waals surface area contributed by atoms with Gasteiger partial charge in [-0.3, -0.25) is 0 Å². The average molecular weight is 254 g/mol. The Kier molecular flexibility index (Phi) is 3.91. The van der Waals surface area contributed by atoms with E-state index in [1.807, 2.05) is 19.2 Å². The second-order valence-corrected chi connectivity index (χ2v) is 5.18. The molecule has 0 amide bonds. The van der Waals surface area contributed by atoms with Crippen LogP contribution in [0.15, 0.2) is 36.4 Å². The summed E-state index contributed by atoms with van der Waals surface area (Å²) in [6, 6.07) is 12.8. The van der Waals surface area contributed by atoms with Gasteiger partial charge in [0, 0.05) is 5.69 Å². The summed E-state index contributed by atoms with van der Waals surface area (Å²) in [6.07, 6.45) is 0. The summed E-state index contributed by atoms with van der Waals surface area (Å²) < 4.78 is 0. The lowest BCUT2D eigenvalue weighted by Gasteiger charge is -2.21. The molecule has 2 nitrogen and oxygen atoms in total. The Balaban J connectivity index is 2.47. The number of nitrogen functional groups attached to an aromatic ring is 1. The maximum atomic E-state index is 5.76. The molecule has 0 aliphatic rings. The predicted molar refractivity (Wildman–Crippen MR) is 82.4 cm³/mol. The molecule has 0 aliphatic carbocycles. The molecule has 2 rings (SSSR count). The van der Waals surface area contributed by atoms with Crippen molar-refractivity contribution in [2.45, 2.75) is 26.8 Å². The van der Waals surface area contributed by atoms with Crippen LogP contribution in [0.1, 0.15) is 33.9 Å². The van der Waals surface area contributed by atoms with Crippen molar-refractivity contribution < 1.29 is 0 Å². The molecular weight excluding hydrogens is 232 g/mol. The van der Waals surface area contributed by atoms with Crippen molar-refractivity contribution in [2.24, 2.45) is 0 Å². The fraction of sp³-hybridized carbons (Fsp3) is 0.294. The van der Waals surface area contributed by atoms with Crippen LogP contribution in [-0.2, 0) is 0 Å². The Morgan fingerprint density at radius 2 is 1.47 bits per heavy atom. The largest absolute Gasteiger partial charge is 0.399 e. The average Bonchev–Trinajstić information content (AvgIpc) is 2.38. The minimum atomic E-state index is 0.208.